The number of ether oxygens (including phenoxy) is 1. The molecule has 0 bridgehead atoms. The van der Waals surface area contributed by atoms with Crippen molar-refractivity contribution in [1.29, 1.82) is 0 Å². The topological polar surface area (TPSA) is 72.5 Å². The molecule has 0 saturated carbocycles. The molecule has 1 aromatic carbocycles. The van der Waals surface area contributed by atoms with Crippen LogP contribution in [0.15, 0.2) is 30.3 Å². The Hall–Kier alpha value is -2.17. The average Bonchev–Trinajstić information content (AvgIpc) is 2.52. The van der Waals surface area contributed by atoms with Gasteiger partial charge in [-0.1, -0.05) is 32.0 Å². The van der Waals surface area contributed by atoms with E-state index in [4.69, 9.17) is 4.74 Å². The van der Waals surface area contributed by atoms with Crippen molar-refractivity contribution < 1.29 is 19.1 Å². The first kappa shape index (κ1) is 17.9. The van der Waals surface area contributed by atoms with Gasteiger partial charge < -0.3 is 14.8 Å². The summed E-state index contributed by atoms with van der Waals surface area (Å²) in [6, 6.07) is 8.32. The number of carbonyl (C=O) groups excluding carboxylic acids is 3. The lowest BCUT2D eigenvalue weighted by molar-refractivity contribution is -0.143. The molecular formula is C17H23NO4. The maximum absolute atomic E-state index is 12.2. The van der Waals surface area contributed by atoms with Gasteiger partial charge in [-0.25, -0.2) is 0 Å². The van der Waals surface area contributed by atoms with Crippen molar-refractivity contribution in [2.45, 2.75) is 39.7 Å². The molecule has 120 valence electrons. The predicted octanol–water partition coefficient (Wildman–Crippen LogP) is 2.35. The minimum atomic E-state index is -0.767. The summed E-state index contributed by atoms with van der Waals surface area (Å²) in [5, 5.41) is 2.84. The Kier molecular flexibility index (Phi) is 6.76. The first-order chi connectivity index (χ1) is 10.4. The fourth-order valence-corrected chi connectivity index (χ4v) is 2.04. The summed E-state index contributed by atoms with van der Waals surface area (Å²) < 4.78 is 4.89. The summed E-state index contributed by atoms with van der Waals surface area (Å²) in [5.74, 6) is -0.590. The number of rotatable bonds is 8. The summed E-state index contributed by atoms with van der Waals surface area (Å²) in [7, 11) is 0. The number of esters is 1. The first-order valence-corrected chi connectivity index (χ1v) is 7.38. The van der Waals surface area contributed by atoms with E-state index in [1.807, 2.05) is 6.07 Å². The second kappa shape index (κ2) is 8.32. The Morgan fingerprint density at radius 3 is 2.45 bits per heavy atom. The van der Waals surface area contributed by atoms with E-state index in [2.05, 4.69) is 5.32 Å². The van der Waals surface area contributed by atoms with E-state index in [1.165, 1.54) is 0 Å². The maximum atomic E-state index is 12.2. The van der Waals surface area contributed by atoms with Crippen LogP contribution in [0.5, 0.6) is 0 Å². The number of aldehydes is 1. The van der Waals surface area contributed by atoms with Crippen molar-refractivity contribution in [3.05, 3.63) is 35.9 Å². The summed E-state index contributed by atoms with van der Waals surface area (Å²) in [4.78, 5) is 35.0. The van der Waals surface area contributed by atoms with Crippen LogP contribution < -0.4 is 5.32 Å². The van der Waals surface area contributed by atoms with Gasteiger partial charge >= 0.3 is 5.97 Å². The van der Waals surface area contributed by atoms with Crippen molar-refractivity contribution in [3.63, 3.8) is 0 Å². The molecule has 1 unspecified atom stereocenters. The molecule has 1 N–H and O–H groups in total. The van der Waals surface area contributed by atoms with Crippen LogP contribution >= 0.6 is 0 Å². The van der Waals surface area contributed by atoms with Crippen molar-refractivity contribution in [1.82, 2.24) is 5.32 Å². The minimum absolute atomic E-state index is 0.158. The highest BCUT2D eigenvalue weighted by Gasteiger charge is 2.31. The highest BCUT2D eigenvalue weighted by molar-refractivity contribution is 5.94. The summed E-state index contributed by atoms with van der Waals surface area (Å²) >= 11 is 0. The molecule has 5 nitrogen and oxygen atoms in total. The first-order valence-electron chi connectivity index (χ1n) is 7.38. The van der Waals surface area contributed by atoms with Gasteiger partial charge in [0.1, 0.15) is 6.29 Å². The lowest BCUT2D eigenvalue weighted by atomic mass is 9.83. The minimum Gasteiger partial charge on any atom is -0.466 e. The van der Waals surface area contributed by atoms with Crippen LogP contribution in [0, 0.1) is 5.41 Å². The van der Waals surface area contributed by atoms with Gasteiger partial charge in [-0.2, -0.15) is 0 Å². The molecule has 0 fully saturated rings. The van der Waals surface area contributed by atoms with Crippen LogP contribution in [0.2, 0.25) is 0 Å². The molecule has 0 aliphatic rings. The third kappa shape index (κ3) is 5.31. The molecule has 1 amide bonds. The highest BCUT2D eigenvalue weighted by atomic mass is 16.5. The largest absolute Gasteiger partial charge is 0.466 e. The van der Waals surface area contributed by atoms with Gasteiger partial charge in [0.2, 0.25) is 0 Å². The smallest absolute Gasteiger partial charge is 0.305 e. The van der Waals surface area contributed by atoms with E-state index in [-0.39, 0.29) is 18.3 Å². The number of benzene rings is 1. The Labute approximate surface area is 131 Å². The number of hydrogen-bond donors (Lipinski definition) is 1. The third-order valence-corrected chi connectivity index (χ3v) is 3.49. The van der Waals surface area contributed by atoms with Crippen molar-refractivity contribution in [2.24, 2.45) is 5.41 Å². The van der Waals surface area contributed by atoms with Crippen LogP contribution in [-0.2, 0) is 14.3 Å². The molecule has 0 saturated heterocycles. The third-order valence-electron chi connectivity index (χ3n) is 3.49. The van der Waals surface area contributed by atoms with Crippen molar-refractivity contribution in [2.75, 3.05) is 6.61 Å². The normalized spacial score (nSPS) is 12.3. The van der Waals surface area contributed by atoms with Crippen LogP contribution in [0.1, 0.15) is 44.0 Å². The molecule has 0 heterocycles. The van der Waals surface area contributed by atoms with Gasteiger partial charge in [0.05, 0.1) is 6.61 Å². The highest BCUT2D eigenvalue weighted by Crippen LogP contribution is 2.22. The number of amides is 1. The quantitative estimate of drug-likeness (QED) is 0.591. The van der Waals surface area contributed by atoms with Crippen LogP contribution in [0.25, 0.3) is 0 Å². The zero-order valence-corrected chi connectivity index (χ0v) is 13.3. The van der Waals surface area contributed by atoms with E-state index in [9.17, 15) is 14.4 Å². The molecule has 1 rings (SSSR count). The van der Waals surface area contributed by atoms with Gasteiger partial charge in [0.25, 0.3) is 5.91 Å². The molecule has 0 aliphatic carbocycles. The maximum Gasteiger partial charge on any atom is 0.305 e. The lowest BCUT2D eigenvalue weighted by Crippen LogP contribution is -2.46. The van der Waals surface area contributed by atoms with E-state index < -0.39 is 11.5 Å². The van der Waals surface area contributed by atoms with Crippen LogP contribution in [0.3, 0.4) is 0 Å². The van der Waals surface area contributed by atoms with E-state index in [1.54, 1.807) is 45.0 Å². The SMILES string of the molecule is CCOC(=O)CCC(NC(=O)c1ccccc1)C(C)(C)C=O. The van der Waals surface area contributed by atoms with Crippen LogP contribution in [0.4, 0.5) is 0 Å². The lowest BCUT2D eigenvalue weighted by Gasteiger charge is -2.30. The van der Waals surface area contributed by atoms with E-state index >= 15 is 0 Å². The molecule has 0 radical (unpaired) electrons. The number of hydrogen-bond acceptors (Lipinski definition) is 4. The van der Waals surface area contributed by atoms with E-state index in [0.717, 1.165) is 6.29 Å². The van der Waals surface area contributed by atoms with Gasteiger partial charge in [0.15, 0.2) is 0 Å². The van der Waals surface area contributed by atoms with Crippen LogP contribution in [-0.4, -0.2) is 30.8 Å². The van der Waals surface area contributed by atoms with Crippen molar-refractivity contribution >= 4 is 18.2 Å². The molecular weight excluding hydrogens is 282 g/mol. The van der Waals surface area contributed by atoms with E-state index in [0.29, 0.717) is 18.6 Å². The standard InChI is InChI=1S/C17H23NO4/c1-4-22-15(20)11-10-14(17(2,3)12-19)18-16(21)13-8-6-5-7-9-13/h5-9,12,14H,4,10-11H2,1-3H3,(H,18,21). The summed E-state index contributed by atoms with van der Waals surface area (Å²) in [6.07, 6.45) is 1.31. The molecule has 5 heteroatoms. The Morgan fingerprint density at radius 1 is 1.27 bits per heavy atom. The van der Waals surface area contributed by atoms with Crippen molar-refractivity contribution in [3.8, 4) is 0 Å². The molecule has 0 aliphatic heterocycles. The summed E-state index contributed by atoms with van der Waals surface area (Å²) in [5.41, 5.74) is -0.248. The Morgan fingerprint density at radius 2 is 1.91 bits per heavy atom. The Bertz CT molecular complexity index is 511. The second-order valence-electron chi connectivity index (χ2n) is 5.67. The molecule has 22 heavy (non-hydrogen) atoms. The average molecular weight is 305 g/mol. The van der Waals surface area contributed by atoms with Gasteiger partial charge in [-0.05, 0) is 25.5 Å². The predicted molar refractivity (Wildman–Crippen MR) is 83.4 cm³/mol. The Balaban J connectivity index is 2.76. The molecule has 1 aromatic rings. The fourth-order valence-electron chi connectivity index (χ4n) is 2.04. The molecule has 0 spiro atoms. The zero-order valence-electron chi connectivity index (χ0n) is 13.3. The molecule has 1 atom stereocenters. The molecule has 0 aromatic heterocycles. The fraction of sp³-hybridized carbons (Fsp3) is 0.471. The number of nitrogens with one attached hydrogen (secondary N) is 1. The zero-order chi connectivity index (χ0) is 16.6. The van der Waals surface area contributed by atoms with Gasteiger partial charge in [-0.15, -0.1) is 0 Å². The number of carbonyl (C=O) groups is 3. The second-order valence-corrected chi connectivity index (χ2v) is 5.67. The monoisotopic (exact) mass is 305 g/mol. The van der Waals surface area contributed by atoms with Gasteiger partial charge in [0, 0.05) is 23.4 Å². The van der Waals surface area contributed by atoms with Gasteiger partial charge in [-0.3, -0.25) is 9.59 Å². The summed E-state index contributed by atoms with van der Waals surface area (Å²) in [6.45, 7) is 5.53.